The number of carbonyl (C=O) groups is 1. The summed E-state index contributed by atoms with van der Waals surface area (Å²) in [4.78, 5) is 11.5. The largest absolute Gasteiger partial charge is 0.478 e. The summed E-state index contributed by atoms with van der Waals surface area (Å²) < 4.78 is 26.9. The Hall–Kier alpha value is -1.11. The Morgan fingerprint density at radius 1 is 1.17 bits per heavy atom. The summed E-state index contributed by atoms with van der Waals surface area (Å²) in [6.07, 6.45) is 0.581. The normalized spacial score (nSPS) is 13.1. The molecule has 1 N–H and O–H groups in total. The van der Waals surface area contributed by atoms with Crippen LogP contribution in [0.4, 0.5) is 0 Å². The Morgan fingerprint density at radius 2 is 1.71 bits per heavy atom. The standard InChI is InChI=1S/C17H25ClO5S/c1-11-7-8-13(12(2)14(11)15(19)20)9-16(3,4)17(5,6)10-23-24(18,21)22/h7-8H,9-10H2,1-6H3,(H,19,20). The van der Waals surface area contributed by atoms with E-state index in [0.29, 0.717) is 12.0 Å². The molecule has 7 heteroatoms. The highest BCUT2D eigenvalue weighted by atomic mass is 35.7. The van der Waals surface area contributed by atoms with Gasteiger partial charge in [0.25, 0.3) is 0 Å². The number of hydrogen-bond acceptors (Lipinski definition) is 4. The van der Waals surface area contributed by atoms with Gasteiger partial charge in [0, 0.05) is 10.7 Å². The van der Waals surface area contributed by atoms with E-state index in [1.165, 1.54) is 0 Å². The van der Waals surface area contributed by atoms with E-state index in [1.54, 1.807) is 19.9 Å². The van der Waals surface area contributed by atoms with Crippen molar-refractivity contribution in [1.82, 2.24) is 0 Å². The molecule has 0 bridgehead atoms. The molecule has 0 heterocycles. The number of carboxylic acid groups (broad SMARTS) is 1. The maximum Gasteiger partial charge on any atom is 0.355 e. The molecule has 5 nitrogen and oxygen atoms in total. The summed E-state index contributed by atoms with van der Waals surface area (Å²) in [7, 11) is 1.10. The second-order valence-corrected chi connectivity index (χ2v) is 9.60. The van der Waals surface area contributed by atoms with E-state index < -0.39 is 20.7 Å². The van der Waals surface area contributed by atoms with Gasteiger partial charge in [-0.05, 0) is 47.8 Å². The van der Waals surface area contributed by atoms with Gasteiger partial charge >= 0.3 is 15.3 Å². The zero-order valence-electron chi connectivity index (χ0n) is 14.9. The average Bonchev–Trinajstić information content (AvgIpc) is 2.38. The van der Waals surface area contributed by atoms with E-state index in [2.05, 4.69) is 0 Å². The molecule has 0 aliphatic rings. The van der Waals surface area contributed by atoms with Gasteiger partial charge in [-0.1, -0.05) is 39.8 Å². The average molecular weight is 377 g/mol. The van der Waals surface area contributed by atoms with Gasteiger partial charge in [0.05, 0.1) is 12.2 Å². The van der Waals surface area contributed by atoms with Gasteiger partial charge in [-0.2, -0.15) is 8.42 Å². The lowest BCUT2D eigenvalue weighted by Crippen LogP contribution is -2.39. The van der Waals surface area contributed by atoms with Crippen molar-refractivity contribution in [2.45, 2.75) is 48.0 Å². The van der Waals surface area contributed by atoms with Crippen LogP contribution in [0.3, 0.4) is 0 Å². The molecule has 0 spiro atoms. The van der Waals surface area contributed by atoms with Crippen LogP contribution in [0.15, 0.2) is 12.1 Å². The monoisotopic (exact) mass is 376 g/mol. The molecule has 0 aliphatic heterocycles. The van der Waals surface area contributed by atoms with Crippen LogP contribution >= 0.6 is 10.7 Å². The van der Waals surface area contributed by atoms with Gasteiger partial charge in [0.15, 0.2) is 0 Å². The highest BCUT2D eigenvalue weighted by molar-refractivity contribution is 8.09. The lowest BCUT2D eigenvalue weighted by molar-refractivity contribution is 0.0523. The number of rotatable bonds is 7. The van der Waals surface area contributed by atoms with E-state index in [0.717, 1.165) is 16.7 Å². The first-order valence-electron chi connectivity index (χ1n) is 7.59. The first-order chi connectivity index (χ1) is 10.7. The molecular weight excluding hydrogens is 352 g/mol. The molecule has 0 radical (unpaired) electrons. The number of aryl methyl sites for hydroxylation is 1. The van der Waals surface area contributed by atoms with Crippen LogP contribution in [0.2, 0.25) is 0 Å². The third kappa shape index (κ3) is 4.94. The quantitative estimate of drug-likeness (QED) is 0.724. The van der Waals surface area contributed by atoms with Crippen LogP contribution < -0.4 is 0 Å². The Labute approximate surface area is 148 Å². The van der Waals surface area contributed by atoms with Crippen LogP contribution in [0.1, 0.15) is 54.7 Å². The highest BCUT2D eigenvalue weighted by Crippen LogP contribution is 2.42. The molecule has 0 atom stereocenters. The molecule has 0 saturated heterocycles. The number of carboxylic acids is 1. The van der Waals surface area contributed by atoms with Crippen molar-refractivity contribution in [3.05, 3.63) is 34.4 Å². The molecule has 24 heavy (non-hydrogen) atoms. The lowest BCUT2D eigenvalue weighted by Gasteiger charge is -2.41. The Bertz CT molecular complexity index is 736. The van der Waals surface area contributed by atoms with Crippen molar-refractivity contribution in [3.8, 4) is 0 Å². The second-order valence-electron chi connectivity index (χ2n) is 7.45. The Balaban J connectivity index is 3.14. The van der Waals surface area contributed by atoms with Gasteiger partial charge in [0.2, 0.25) is 0 Å². The molecule has 0 unspecified atom stereocenters. The predicted molar refractivity (Wildman–Crippen MR) is 94.9 cm³/mol. The van der Waals surface area contributed by atoms with Gasteiger partial charge in [-0.25, -0.2) is 4.79 Å². The van der Waals surface area contributed by atoms with Crippen LogP contribution in [-0.2, 0) is 19.9 Å². The third-order valence-electron chi connectivity index (χ3n) is 5.02. The van der Waals surface area contributed by atoms with Gasteiger partial charge in [-0.15, -0.1) is 0 Å². The van der Waals surface area contributed by atoms with E-state index in [9.17, 15) is 18.3 Å². The second kappa shape index (κ2) is 7.02. The Morgan fingerprint density at radius 3 is 2.17 bits per heavy atom. The van der Waals surface area contributed by atoms with Gasteiger partial charge in [-0.3, -0.25) is 4.18 Å². The fraction of sp³-hybridized carbons (Fsp3) is 0.588. The number of halogens is 1. The molecule has 0 aliphatic carbocycles. The maximum atomic E-state index is 11.5. The molecule has 1 aromatic rings. The fourth-order valence-electron chi connectivity index (χ4n) is 2.54. The third-order valence-corrected chi connectivity index (χ3v) is 5.69. The van der Waals surface area contributed by atoms with E-state index >= 15 is 0 Å². The van der Waals surface area contributed by atoms with Crippen LogP contribution in [0, 0.1) is 24.7 Å². The zero-order valence-corrected chi connectivity index (χ0v) is 16.5. The molecule has 136 valence electrons. The van der Waals surface area contributed by atoms with Crippen LogP contribution in [0.25, 0.3) is 0 Å². The summed E-state index contributed by atoms with van der Waals surface area (Å²) in [5.74, 6) is -0.944. The Kier molecular flexibility index (Phi) is 6.12. The van der Waals surface area contributed by atoms with Crippen molar-refractivity contribution in [1.29, 1.82) is 0 Å². The maximum absolute atomic E-state index is 11.5. The molecule has 1 aromatic carbocycles. The van der Waals surface area contributed by atoms with Crippen molar-refractivity contribution in [2.24, 2.45) is 10.8 Å². The van der Waals surface area contributed by atoms with Crippen molar-refractivity contribution >= 4 is 26.0 Å². The molecule has 0 fully saturated rings. The summed E-state index contributed by atoms with van der Waals surface area (Å²) in [6, 6.07) is 3.72. The molecule has 0 saturated carbocycles. The number of hydrogen-bond donors (Lipinski definition) is 1. The highest BCUT2D eigenvalue weighted by Gasteiger charge is 2.39. The summed E-state index contributed by atoms with van der Waals surface area (Å²) >= 11 is 0. The minimum atomic E-state index is -4.03. The van der Waals surface area contributed by atoms with Crippen molar-refractivity contribution in [3.63, 3.8) is 0 Å². The molecular formula is C17H25ClO5S. The van der Waals surface area contributed by atoms with Crippen molar-refractivity contribution < 1.29 is 22.5 Å². The predicted octanol–water partition coefficient (Wildman–Crippen LogP) is 4.10. The van der Waals surface area contributed by atoms with E-state index in [1.807, 2.05) is 33.8 Å². The smallest absolute Gasteiger partial charge is 0.355 e. The van der Waals surface area contributed by atoms with Crippen LogP contribution in [-0.4, -0.2) is 26.1 Å². The van der Waals surface area contributed by atoms with Crippen LogP contribution in [0.5, 0.6) is 0 Å². The summed E-state index contributed by atoms with van der Waals surface area (Å²) in [6.45, 7) is 11.3. The SMILES string of the molecule is Cc1ccc(CC(C)(C)C(C)(C)COS(=O)(=O)Cl)c(C)c1C(=O)O. The van der Waals surface area contributed by atoms with Crippen molar-refractivity contribution in [2.75, 3.05) is 6.61 Å². The molecule has 1 rings (SSSR count). The number of benzene rings is 1. The first-order valence-corrected chi connectivity index (χ1v) is 9.83. The van der Waals surface area contributed by atoms with Gasteiger partial charge in [0.1, 0.15) is 0 Å². The minimum Gasteiger partial charge on any atom is -0.478 e. The minimum absolute atomic E-state index is 0.0530. The van der Waals surface area contributed by atoms with E-state index in [4.69, 9.17) is 14.9 Å². The van der Waals surface area contributed by atoms with E-state index in [-0.39, 0.29) is 12.0 Å². The molecule has 0 amide bonds. The van der Waals surface area contributed by atoms with Gasteiger partial charge < -0.3 is 5.11 Å². The fourth-order valence-corrected chi connectivity index (χ4v) is 3.11. The molecule has 0 aromatic heterocycles. The summed E-state index contributed by atoms with van der Waals surface area (Å²) in [5.41, 5.74) is 1.83. The summed E-state index contributed by atoms with van der Waals surface area (Å²) in [5, 5.41) is 9.40. The first kappa shape index (κ1) is 20.9. The topological polar surface area (TPSA) is 80.7 Å². The zero-order chi connectivity index (χ0) is 18.9. The number of aromatic carboxylic acids is 1. The lowest BCUT2D eigenvalue weighted by atomic mass is 9.65.